The Kier molecular flexibility index (Phi) is 10.0. The molecule has 2 aliphatic heterocycles. The molecule has 0 spiro atoms. The number of halogens is 1. The van der Waals surface area contributed by atoms with Crippen molar-refractivity contribution in [3.63, 3.8) is 0 Å². The molecule has 3 amide bonds. The van der Waals surface area contributed by atoms with Crippen molar-refractivity contribution in [2.45, 2.75) is 45.1 Å². The number of nitrogens with zero attached hydrogens (tertiary/aromatic N) is 2. The predicted molar refractivity (Wildman–Crippen MR) is 152 cm³/mol. The summed E-state index contributed by atoms with van der Waals surface area (Å²) in [5.74, 6) is 1.56. The van der Waals surface area contributed by atoms with Crippen molar-refractivity contribution in [2.24, 2.45) is 11.8 Å². The van der Waals surface area contributed by atoms with E-state index in [1.807, 2.05) is 40.3 Å². The van der Waals surface area contributed by atoms with Gasteiger partial charge in [-0.05, 0) is 68.9 Å². The fourth-order valence-corrected chi connectivity index (χ4v) is 7.36. The zero-order valence-electron chi connectivity index (χ0n) is 21.5. The molecule has 1 atom stereocenters. The molecular formula is C27H36ClN3O4S2. The average molecular weight is 566 g/mol. The van der Waals surface area contributed by atoms with Crippen LogP contribution in [0.1, 0.15) is 48.7 Å². The Bertz CT molecular complexity index is 1090. The van der Waals surface area contributed by atoms with Gasteiger partial charge < -0.3 is 19.9 Å². The molecule has 1 aromatic heterocycles. The number of hydrogen-bond acceptors (Lipinski definition) is 6. The summed E-state index contributed by atoms with van der Waals surface area (Å²) in [7, 11) is 0. The van der Waals surface area contributed by atoms with Crippen molar-refractivity contribution >= 4 is 62.7 Å². The molecule has 0 bridgehead atoms. The third kappa shape index (κ3) is 6.73. The van der Waals surface area contributed by atoms with Crippen LogP contribution in [0, 0.1) is 11.8 Å². The minimum Gasteiger partial charge on any atom is -0.464 e. The van der Waals surface area contributed by atoms with Crippen molar-refractivity contribution in [2.75, 3.05) is 44.8 Å². The quantitative estimate of drug-likeness (QED) is 0.427. The molecule has 0 aliphatic carbocycles. The standard InChI is InChI=1S/C27H36ClN3O4S2/c1-3-35-26(33)21(12-17-36-2)29-27(34)31-15-10-19(11-16-31)18-8-13-30(14-9-18)25(32)24-23(28)20-6-4-5-7-22(20)37-24/h4-7,18-19,21H,3,8-17H2,1-2H3,(H,29,34). The number of amides is 3. The van der Waals surface area contributed by atoms with Crippen molar-refractivity contribution < 1.29 is 19.1 Å². The molecule has 1 N–H and O–H groups in total. The van der Waals surface area contributed by atoms with E-state index >= 15 is 0 Å². The molecule has 3 heterocycles. The van der Waals surface area contributed by atoms with Gasteiger partial charge in [-0.1, -0.05) is 29.8 Å². The molecule has 2 fully saturated rings. The van der Waals surface area contributed by atoms with Gasteiger partial charge in [-0.3, -0.25) is 4.79 Å². The van der Waals surface area contributed by atoms with Crippen LogP contribution >= 0.6 is 34.7 Å². The van der Waals surface area contributed by atoms with E-state index in [-0.39, 0.29) is 17.9 Å². The molecule has 7 nitrogen and oxygen atoms in total. The summed E-state index contributed by atoms with van der Waals surface area (Å²) < 4.78 is 6.19. The summed E-state index contributed by atoms with van der Waals surface area (Å²) >= 11 is 9.67. The lowest BCUT2D eigenvalue weighted by molar-refractivity contribution is -0.145. The molecule has 4 rings (SSSR count). The molecule has 0 saturated carbocycles. The van der Waals surface area contributed by atoms with Crippen molar-refractivity contribution in [3.05, 3.63) is 34.2 Å². The molecule has 37 heavy (non-hydrogen) atoms. The van der Waals surface area contributed by atoms with Gasteiger partial charge in [-0.15, -0.1) is 11.3 Å². The lowest BCUT2D eigenvalue weighted by atomic mass is 9.79. The lowest BCUT2D eigenvalue weighted by Gasteiger charge is -2.40. The highest BCUT2D eigenvalue weighted by atomic mass is 35.5. The van der Waals surface area contributed by atoms with Crippen LogP contribution < -0.4 is 5.32 Å². The Morgan fingerprint density at radius 1 is 1.08 bits per heavy atom. The second-order valence-corrected chi connectivity index (χ2v) is 12.1. The molecule has 202 valence electrons. The number of carbonyl (C=O) groups is 3. The van der Waals surface area contributed by atoms with E-state index in [1.165, 1.54) is 11.3 Å². The van der Waals surface area contributed by atoms with Gasteiger partial charge in [-0.2, -0.15) is 11.8 Å². The number of urea groups is 1. The van der Waals surface area contributed by atoms with Crippen molar-refractivity contribution in [3.8, 4) is 0 Å². The zero-order chi connectivity index (χ0) is 26.4. The molecule has 0 radical (unpaired) electrons. The number of fused-ring (bicyclic) bond motifs is 1. The lowest BCUT2D eigenvalue weighted by Crippen LogP contribution is -2.51. The van der Waals surface area contributed by atoms with Crippen LogP contribution in [-0.4, -0.2) is 78.5 Å². The average Bonchev–Trinajstić information content (AvgIpc) is 3.27. The number of thioether (sulfide) groups is 1. The summed E-state index contributed by atoms with van der Waals surface area (Å²) in [6.07, 6.45) is 6.39. The minimum absolute atomic E-state index is 0.0359. The number of hydrogen-bond donors (Lipinski definition) is 1. The molecule has 1 unspecified atom stereocenters. The van der Waals surface area contributed by atoms with Crippen molar-refractivity contribution in [1.29, 1.82) is 0 Å². The number of esters is 1. The number of carbonyl (C=O) groups excluding carboxylic acids is 3. The molecule has 2 saturated heterocycles. The Morgan fingerprint density at radius 2 is 1.70 bits per heavy atom. The number of nitrogens with one attached hydrogen (secondary N) is 1. The van der Waals surface area contributed by atoms with Crippen molar-refractivity contribution in [1.82, 2.24) is 15.1 Å². The van der Waals surface area contributed by atoms with Gasteiger partial charge in [0, 0.05) is 36.3 Å². The number of likely N-dealkylation sites (tertiary alicyclic amines) is 2. The van der Waals surface area contributed by atoms with E-state index in [1.54, 1.807) is 18.7 Å². The van der Waals surface area contributed by atoms with Gasteiger partial charge in [0.25, 0.3) is 5.91 Å². The Morgan fingerprint density at radius 3 is 2.30 bits per heavy atom. The van der Waals surface area contributed by atoms with E-state index in [2.05, 4.69) is 5.32 Å². The van der Waals surface area contributed by atoms with E-state index in [4.69, 9.17) is 16.3 Å². The highest BCUT2D eigenvalue weighted by Crippen LogP contribution is 2.38. The third-order valence-electron chi connectivity index (χ3n) is 7.53. The Balaban J connectivity index is 1.25. The predicted octanol–water partition coefficient (Wildman–Crippen LogP) is 5.51. The highest BCUT2D eigenvalue weighted by molar-refractivity contribution is 7.98. The first-order valence-electron chi connectivity index (χ1n) is 13.1. The number of benzene rings is 1. The summed E-state index contributed by atoms with van der Waals surface area (Å²) in [6, 6.07) is 7.09. The van der Waals surface area contributed by atoms with E-state index in [0.29, 0.717) is 47.9 Å². The Labute approximate surface area is 232 Å². The first-order valence-corrected chi connectivity index (χ1v) is 15.7. The maximum absolute atomic E-state index is 13.2. The molecular weight excluding hydrogens is 530 g/mol. The normalized spacial score (nSPS) is 18.1. The van der Waals surface area contributed by atoms with Gasteiger partial charge in [0.1, 0.15) is 10.9 Å². The van der Waals surface area contributed by atoms with Crippen LogP contribution in [0.25, 0.3) is 10.1 Å². The fraction of sp³-hybridized carbons (Fsp3) is 0.593. The number of thiophene rings is 1. The smallest absolute Gasteiger partial charge is 0.328 e. The monoisotopic (exact) mass is 565 g/mol. The van der Waals surface area contributed by atoms with Gasteiger partial charge in [-0.25, -0.2) is 9.59 Å². The maximum Gasteiger partial charge on any atom is 0.328 e. The maximum atomic E-state index is 13.2. The van der Waals surface area contributed by atoms with Crippen LogP contribution in [0.2, 0.25) is 5.02 Å². The third-order valence-corrected chi connectivity index (χ3v) is 9.84. The van der Waals surface area contributed by atoms with Crippen LogP contribution in [0.5, 0.6) is 0 Å². The molecule has 1 aromatic carbocycles. The van der Waals surface area contributed by atoms with Crippen LogP contribution in [-0.2, 0) is 9.53 Å². The second kappa shape index (κ2) is 13.2. The first kappa shape index (κ1) is 28.0. The largest absolute Gasteiger partial charge is 0.464 e. The van der Waals surface area contributed by atoms with Gasteiger partial charge >= 0.3 is 12.0 Å². The summed E-state index contributed by atoms with van der Waals surface area (Å²) in [5.41, 5.74) is 0. The summed E-state index contributed by atoms with van der Waals surface area (Å²) in [5, 5.41) is 4.41. The summed E-state index contributed by atoms with van der Waals surface area (Å²) in [4.78, 5) is 42.7. The molecule has 2 aliphatic rings. The van der Waals surface area contributed by atoms with Gasteiger partial charge in [0.2, 0.25) is 0 Å². The summed E-state index contributed by atoms with van der Waals surface area (Å²) in [6.45, 7) is 4.93. The van der Waals surface area contributed by atoms with Gasteiger partial charge in [0.05, 0.1) is 11.6 Å². The van der Waals surface area contributed by atoms with Crippen LogP contribution in [0.15, 0.2) is 24.3 Å². The molecule has 10 heteroatoms. The van der Waals surface area contributed by atoms with E-state index < -0.39 is 6.04 Å². The second-order valence-electron chi connectivity index (χ2n) is 9.73. The van der Waals surface area contributed by atoms with E-state index in [9.17, 15) is 14.4 Å². The zero-order valence-corrected chi connectivity index (χ0v) is 23.9. The Hall–Kier alpha value is -1.97. The van der Waals surface area contributed by atoms with Crippen LogP contribution in [0.4, 0.5) is 4.79 Å². The number of rotatable bonds is 8. The van der Waals surface area contributed by atoms with E-state index in [0.717, 1.165) is 54.6 Å². The minimum atomic E-state index is -0.603. The first-order chi connectivity index (χ1) is 17.9. The topological polar surface area (TPSA) is 79.0 Å². The van der Waals surface area contributed by atoms with Crippen LogP contribution in [0.3, 0.4) is 0 Å². The fourth-order valence-electron chi connectivity index (χ4n) is 5.41. The number of piperidine rings is 2. The van der Waals surface area contributed by atoms with Gasteiger partial charge in [0.15, 0.2) is 0 Å². The molecule has 2 aromatic rings. The SMILES string of the molecule is CCOC(=O)C(CCSC)NC(=O)N1CCC(C2CCN(C(=O)c3sc4ccccc4c3Cl)CC2)CC1. The number of ether oxygens (including phenoxy) is 1. The highest BCUT2D eigenvalue weighted by Gasteiger charge is 2.34.